The summed E-state index contributed by atoms with van der Waals surface area (Å²) in [7, 11) is 3.97. The molecule has 162 valence electrons. The molecule has 0 spiro atoms. The van der Waals surface area contributed by atoms with E-state index in [4.69, 9.17) is 0 Å². The fourth-order valence-electron chi connectivity index (χ4n) is 3.95. The number of hydrogen-bond donors (Lipinski definition) is 1. The SMILES string of the molecule is CN1CCN(c2cccc(C(=O)Nc3cc4cc(-c5cn(C)nn5)ccc4cn3)c2)CC1. The summed E-state index contributed by atoms with van der Waals surface area (Å²) in [6.45, 7) is 3.96. The van der Waals surface area contributed by atoms with Crippen LogP contribution in [-0.2, 0) is 7.05 Å². The highest BCUT2D eigenvalue weighted by Crippen LogP contribution is 2.24. The third-order valence-corrected chi connectivity index (χ3v) is 5.84. The monoisotopic (exact) mass is 427 g/mol. The summed E-state index contributed by atoms with van der Waals surface area (Å²) < 4.78 is 1.67. The van der Waals surface area contributed by atoms with Gasteiger partial charge in [-0.3, -0.25) is 9.48 Å². The molecule has 0 aliphatic carbocycles. The number of benzene rings is 2. The topological polar surface area (TPSA) is 79.2 Å². The lowest BCUT2D eigenvalue weighted by Crippen LogP contribution is -2.44. The van der Waals surface area contributed by atoms with Crippen molar-refractivity contribution in [2.45, 2.75) is 0 Å². The zero-order valence-electron chi connectivity index (χ0n) is 18.2. The maximum Gasteiger partial charge on any atom is 0.256 e. The van der Waals surface area contributed by atoms with Crippen molar-refractivity contribution in [2.75, 3.05) is 43.4 Å². The molecule has 8 nitrogen and oxygen atoms in total. The van der Waals surface area contributed by atoms with Gasteiger partial charge in [-0.25, -0.2) is 4.98 Å². The molecule has 1 aliphatic rings. The molecule has 1 amide bonds. The van der Waals surface area contributed by atoms with Gasteiger partial charge in [0.25, 0.3) is 5.91 Å². The van der Waals surface area contributed by atoms with Crippen LogP contribution in [0, 0.1) is 0 Å². The molecule has 8 heteroatoms. The van der Waals surface area contributed by atoms with Crippen molar-refractivity contribution >= 4 is 28.2 Å². The van der Waals surface area contributed by atoms with Crippen LogP contribution >= 0.6 is 0 Å². The molecule has 1 N–H and O–H groups in total. The smallest absolute Gasteiger partial charge is 0.256 e. The average molecular weight is 428 g/mol. The van der Waals surface area contributed by atoms with E-state index < -0.39 is 0 Å². The lowest BCUT2D eigenvalue weighted by Gasteiger charge is -2.34. The van der Waals surface area contributed by atoms with Crippen molar-refractivity contribution < 1.29 is 4.79 Å². The van der Waals surface area contributed by atoms with Crippen LogP contribution in [0.25, 0.3) is 22.0 Å². The van der Waals surface area contributed by atoms with E-state index in [9.17, 15) is 4.79 Å². The number of aromatic nitrogens is 4. The summed E-state index contributed by atoms with van der Waals surface area (Å²) in [5, 5.41) is 13.1. The van der Waals surface area contributed by atoms with Gasteiger partial charge in [0.05, 0.1) is 6.20 Å². The fraction of sp³-hybridized carbons (Fsp3) is 0.250. The van der Waals surface area contributed by atoms with Crippen LogP contribution < -0.4 is 10.2 Å². The zero-order chi connectivity index (χ0) is 22.1. The van der Waals surface area contributed by atoms with Gasteiger partial charge in [-0.15, -0.1) is 5.10 Å². The van der Waals surface area contributed by atoms with Gasteiger partial charge in [0.15, 0.2) is 0 Å². The molecular weight excluding hydrogens is 402 g/mol. The molecule has 0 radical (unpaired) electrons. The number of carbonyl (C=O) groups excluding carboxylic acids is 1. The Morgan fingerprint density at radius 3 is 2.59 bits per heavy atom. The highest BCUT2D eigenvalue weighted by Gasteiger charge is 2.16. The molecule has 0 atom stereocenters. The number of anilines is 2. The molecule has 1 aliphatic heterocycles. The maximum atomic E-state index is 12.9. The average Bonchev–Trinajstić information content (AvgIpc) is 3.25. The van der Waals surface area contributed by atoms with Crippen LogP contribution in [0.1, 0.15) is 10.4 Å². The number of aryl methyl sites for hydroxylation is 1. The first-order chi connectivity index (χ1) is 15.5. The minimum absolute atomic E-state index is 0.169. The van der Waals surface area contributed by atoms with E-state index in [1.807, 2.05) is 55.7 Å². The summed E-state index contributed by atoms with van der Waals surface area (Å²) in [6, 6.07) is 15.7. The van der Waals surface area contributed by atoms with E-state index in [1.54, 1.807) is 10.9 Å². The number of amides is 1. The molecular formula is C24H25N7O. The normalized spacial score (nSPS) is 14.6. The molecule has 3 heterocycles. The standard InChI is InChI=1S/C24H25N7O/c1-29-8-10-31(11-9-29)21-5-3-4-18(13-21)24(32)26-23-14-20-12-17(6-7-19(20)15-25-23)22-16-30(2)28-27-22/h3-7,12-16H,8-11H2,1-2H3,(H,25,26,32). The first-order valence-corrected chi connectivity index (χ1v) is 10.7. The Hall–Kier alpha value is -3.78. The maximum absolute atomic E-state index is 12.9. The molecule has 0 saturated carbocycles. The first kappa shape index (κ1) is 20.1. The zero-order valence-corrected chi connectivity index (χ0v) is 18.2. The van der Waals surface area contributed by atoms with Crippen molar-refractivity contribution in [3.05, 3.63) is 66.5 Å². The van der Waals surface area contributed by atoms with Crippen LogP contribution in [0.3, 0.4) is 0 Å². The molecule has 4 aromatic rings. The third kappa shape index (κ3) is 4.17. The van der Waals surface area contributed by atoms with Gasteiger partial charge in [0.2, 0.25) is 0 Å². The number of pyridine rings is 1. The number of hydrogen-bond acceptors (Lipinski definition) is 6. The molecule has 5 rings (SSSR count). The number of nitrogens with one attached hydrogen (secondary N) is 1. The lowest BCUT2D eigenvalue weighted by molar-refractivity contribution is 0.102. The molecule has 1 saturated heterocycles. The quantitative estimate of drug-likeness (QED) is 0.539. The highest BCUT2D eigenvalue weighted by atomic mass is 16.1. The predicted molar refractivity (Wildman–Crippen MR) is 126 cm³/mol. The molecule has 32 heavy (non-hydrogen) atoms. The van der Waals surface area contributed by atoms with E-state index in [-0.39, 0.29) is 5.91 Å². The Labute approximate surface area is 186 Å². The summed E-state index contributed by atoms with van der Waals surface area (Å²) in [4.78, 5) is 22.0. The van der Waals surface area contributed by atoms with Crippen LogP contribution in [0.5, 0.6) is 0 Å². The second-order valence-electron chi connectivity index (χ2n) is 8.20. The van der Waals surface area contributed by atoms with Crippen molar-refractivity contribution in [3.8, 4) is 11.3 Å². The van der Waals surface area contributed by atoms with E-state index in [2.05, 4.69) is 43.5 Å². The van der Waals surface area contributed by atoms with Crippen molar-refractivity contribution in [3.63, 3.8) is 0 Å². The summed E-state index contributed by atoms with van der Waals surface area (Å²) in [5.41, 5.74) is 3.47. The number of likely N-dealkylation sites (N-methyl/N-ethyl adjacent to an activating group) is 1. The predicted octanol–water partition coefficient (Wildman–Crippen LogP) is 3.03. The molecule has 2 aromatic heterocycles. The van der Waals surface area contributed by atoms with E-state index in [0.717, 1.165) is 53.9 Å². The number of rotatable bonds is 4. The van der Waals surface area contributed by atoms with E-state index in [1.165, 1.54) is 0 Å². The lowest BCUT2D eigenvalue weighted by atomic mass is 10.1. The molecule has 0 bridgehead atoms. The van der Waals surface area contributed by atoms with Gasteiger partial charge < -0.3 is 15.1 Å². The van der Waals surface area contributed by atoms with Gasteiger partial charge in [0.1, 0.15) is 11.5 Å². The molecule has 1 fully saturated rings. The van der Waals surface area contributed by atoms with Crippen molar-refractivity contribution in [1.82, 2.24) is 24.9 Å². The Morgan fingerprint density at radius 2 is 1.81 bits per heavy atom. The second-order valence-corrected chi connectivity index (χ2v) is 8.20. The van der Waals surface area contributed by atoms with Crippen molar-refractivity contribution in [2.24, 2.45) is 7.05 Å². The summed E-state index contributed by atoms with van der Waals surface area (Å²) >= 11 is 0. The first-order valence-electron chi connectivity index (χ1n) is 10.7. The number of carbonyl (C=O) groups is 1. The van der Waals surface area contributed by atoms with Gasteiger partial charge in [0, 0.05) is 61.6 Å². The van der Waals surface area contributed by atoms with Crippen LogP contribution in [0.2, 0.25) is 0 Å². The van der Waals surface area contributed by atoms with Crippen LogP contribution in [0.15, 0.2) is 60.9 Å². The Kier molecular flexibility index (Phi) is 5.28. The second kappa shape index (κ2) is 8.39. The van der Waals surface area contributed by atoms with Gasteiger partial charge in [-0.1, -0.05) is 23.4 Å². The Morgan fingerprint density at radius 1 is 0.969 bits per heavy atom. The van der Waals surface area contributed by atoms with Crippen LogP contribution in [0.4, 0.5) is 11.5 Å². The Balaban J connectivity index is 1.36. The van der Waals surface area contributed by atoms with Gasteiger partial charge in [-0.05, 0) is 42.8 Å². The highest BCUT2D eigenvalue weighted by molar-refractivity contribution is 6.05. The number of fused-ring (bicyclic) bond motifs is 1. The Bertz CT molecular complexity index is 1270. The summed E-state index contributed by atoms with van der Waals surface area (Å²) in [6.07, 6.45) is 3.64. The number of piperazine rings is 1. The van der Waals surface area contributed by atoms with Crippen molar-refractivity contribution in [1.29, 1.82) is 0 Å². The largest absolute Gasteiger partial charge is 0.369 e. The minimum Gasteiger partial charge on any atom is -0.369 e. The molecule has 0 unspecified atom stereocenters. The fourth-order valence-corrected chi connectivity index (χ4v) is 3.95. The minimum atomic E-state index is -0.169. The van der Waals surface area contributed by atoms with E-state index >= 15 is 0 Å². The third-order valence-electron chi connectivity index (χ3n) is 5.84. The number of nitrogens with zero attached hydrogens (tertiary/aromatic N) is 6. The molecule has 2 aromatic carbocycles. The van der Waals surface area contributed by atoms with Gasteiger partial charge >= 0.3 is 0 Å². The van der Waals surface area contributed by atoms with Gasteiger partial charge in [-0.2, -0.15) is 0 Å². The van der Waals surface area contributed by atoms with Crippen LogP contribution in [-0.4, -0.2) is 64.0 Å². The summed E-state index contributed by atoms with van der Waals surface area (Å²) in [5.74, 6) is 0.349. The van der Waals surface area contributed by atoms with E-state index in [0.29, 0.717) is 11.4 Å².